The van der Waals surface area contributed by atoms with Crippen molar-refractivity contribution in [1.29, 1.82) is 0 Å². The van der Waals surface area contributed by atoms with Crippen molar-refractivity contribution in [3.63, 3.8) is 0 Å². The van der Waals surface area contributed by atoms with Crippen LogP contribution in [0.1, 0.15) is 19.3 Å². The molecule has 0 unspecified atom stereocenters. The van der Waals surface area contributed by atoms with E-state index in [-0.39, 0.29) is 0 Å². The summed E-state index contributed by atoms with van der Waals surface area (Å²) in [5.74, 6) is 2.63. The van der Waals surface area contributed by atoms with Crippen molar-refractivity contribution in [3.8, 4) is 11.5 Å². The highest BCUT2D eigenvalue weighted by Crippen LogP contribution is 2.33. The van der Waals surface area contributed by atoms with E-state index in [1.54, 1.807) is 0 Å². The Balaban J connectivity index is 1.71. The van der Waals surface area contributed by atoms with Gasteiger partial charge in [0.05, 0.1) is 13.2 Å². The molecule has 0 atom stereocenters. The summed E-state index contributed by atoms with van der Waals surface area (Å²) in [6.45, 7) is 2.58. The third-order valence-electron chi connectivity index (χ3n) is 3.04. The molecule has 16 heavy (non-hydrogen) atoms. The molecule has 0 saturated heterocycles. The molecule has 1 fully saturated rings. The van der Waals surface area contributed by atoms with E-state index in [1.165, 1.54) is 12.8 Å². The molecule has 3 nitrogen and oxygen atoms in total. The number of benzene rings is 1. The minimum absolute atomic E-state index is 0.749. The Kier molecular flexibility index (Phi) is 2.60. The van der Waals surface area contributed by atoms with Crippen LogP contribution >= 0.6 is 0 Å². The molecule has 86 valence electrons. The molecular weight excluding hydrogens is 202 g/mol. The maximum Gasteiger partial charge on any atom is 0.163 e. The third-order valence-corrected chi connectivity index (χ3v) is 3.04. The number of rotatable bonds is 3. The molecular formula is C13H17NO2. The summed E-state index contributed by atoms with van der Waals surface area (Å²) in [5, 5.41) is 3.44. The van der Waals surface area contributed by atoms with Crippen LogP contribution in [0.3, 0.4) is 0 Å². The second-order valence-corrected chi connectivity index (χ2v) is 4.54. The molecule has 0 radical (unpaired) electrons. The molecule has 0 amide bonds. The quantitative estimate of drug-likeness (QED) is 0.847. The minimum Gasteiger partial charge on any atom is -0.490 e. The molecule has 0 bridgehead atoms. The van der Waals surface area contributed by atoms with Gasteiger partial charge in [-0.3, -0.25) is 0 Å². The fourth-order valence-corrected chi connectivity index (χ4v) is 1.86. The van der Waals surface area contributed by atoms with Gasteiger partial charge in [-0.25, -0.2) is 0 Å². The zero-order valence-corrected chi connectivity index (χ0v) is 9.37. The van der Waals surface area contributed by atoms with E-state index in [0.717, 1.165) is 49.3 Å². The van der Waals surface area contributed by atoms with E-state index in [2.05, 4.69) is 11.4 Å². The summed E-state index contributed by atoms with van der Waals surface area (Å²) in [6, 6.07) is 6.11. The third kappa shape index (κ3) is 2.23. The van der Waals surface area contributed by atoms with E-state index in [0.29, 0.717) is 0 Å². The second kappa shape index (κ2) is 4.24. The van der Waals surface area contributed by atoms with Crippen LogP contribution in [-0.2, 0) is 0 Å². The van der Waals surface area contributed by atoms with Gasteiger partial charge in [-0.15, -0.1) is 0 Å². The molecule has 1 aromatic carbocycles. The van der Waals surface area contributed by atoms with Gasteiger partial charge in [0.25, 0.3) is 0 Å². The molecule has 2 aliphatic rings. The van der Waals surface area contributed by atoms with Crippen LogP contribution in [0.4, 0.5) is 5.69 Å². The van der Waals surface area contributed by atoms with Crippen molar-refractivity contribution in [2.45, 2.75) is 19.3 Å². The lowest BCUT2D eigenvalue weighted by Gasteiger charge is -2.10. The van der Waals surface area contributed by atoms with Crippen LogP contribution in [0.2, 0.25) is 0 Å². The summed E-state index contributed by atoms with van der Waals surface area (Å²) in [4.78, 5) is 0. The summed E-state index contributed by atoms with van der Waals surface area (Å²) < 4.78 is 11.2. The van der Waals surface area contributed by atoms with E-state index >= 15 is 0 Å². The highest BCUT2D eigenvalue weighted by Gasteiger charge is 2.20. The normalized spacial score (nSPS) is 19.0. The molecule has 1 aliphatic carbocycles. The Morgan fingerprint density at radius 3 is 2.75 bits per heavy atom. The molecule has 1 aliphatic heterocycles. The Morgan fingerprint density at radius 1 is 1.12 bits per heavy atom. The van der Waals surface area contributed by atoms with Crippen LogP contribution in [0, 0.1) is 5.92 Å². The number of ether oxygens (including phenoxy) is 2. The zero-order chi connectivity index (χ0) is 10.8. The molecule has 0 aromatic heterocycles. The van der Waals surface area contributed by atoms with Crippen molar-refractivity contribution in [2.24, 2.45) is 5.92 Å². The van der Waals surface area contributed by atoms with Crippen LogP contribution in [-0.4, -0.2) is 19.8 Å². The Bertz CT molecular complexity index is 374. The standard InChI is InChI=1S/C13H17NO2/c1-6-15-12-5-4-11(8-13(12)16-7-1)14-9-10-2-3-10/h4-5,8,10,14H,1-3,6-7,9H2. The highest BCUT2D eigenvalue weighted by atomic mass is 16.5. The van der Waals surface area contributed by atoms with Crippen molar-refractivity contribution in [2.75, 3.05) is 25.1 Å². The SMILES string of the molecule is c1cc2c(cc1NCC1CC1)OCCCO2. The first kappa shape index (κ1) is 9.82. The first-order valence-corrected chi connectivity index (χ1v) is 6.05. The zero-order valence-electron chi connectivity index (χ0n) is 9.37. The van der Waals surface area contributed by atoms with E-state index in [1.807, 2.05) is 12.1 Å². The van der Waals surface area contributed by atoms with Crippen LogP contribution in [0.15, 0.2) is 18.2 Å². The summed E-state index contributed by atoms with van der Waals surface area (Å²) >= 11 is 0. The molecule has 1 saturated carbocycles. The molecule has 0 spiro atoms. The second-order valence-electron chi connectivity index (χ2n) is 4.54. The Labute approximate surface area is 95.8 Å². The number of nitrogens with one attached hydrogen (secondary N) is 1. The van der Waals surface area contributed by atoms with Gasteiger partial charge in [0.1, 0.15) is 0 Å². The van der Waals surface area contributed by atoms with Crippen molar-refractivity contribution < 1.29 is 9.47 Å². The van der Waals surface area contributed by atoms with Crippen LogP contribution in [0.5, 0.6) is 11.5 Å². The number of fused-ring (bicyclic) bond motifs is 1. The Hall–Kier alpha value is -1.38. The lowest BCUT2D eigenvalue weighted by molar-refractivity contribution is 0.297. The highest BCUT2D eigenvalue weighted by molar-refractivity contribution is 5.55. The molecule has 1 aromatic rings. The Morgan fingerprint density at radius 2 is 1.94 bits per heavy atom. The van der Waals surface area contributed by atoms with Gasteiger partial charge in [0.2, 0.25) is 0 Å². The van der Waals surface area contributed by atoms with Crippen molar-refractivity contribution in [1.82, 2.24) is 0 Å². The smallest absolute Gasteiger partial charge is 0.163 e. The monoisotopic (exact) mass is 219 g/mol. The molecule has 1 heterocycles. The van der Waals surface area contributed by atoms with Gasteiger partial charge < -0.3 is 14.8 Å². The van der Waals surface area contributed by atoms with Gasteiger partial charge in [0, 0.05) is 24.7 Å². The lowest BCUT2D eigenvalue weighted by atomic mass is 10.2. The first-order valence-electron chi connectivity index (χ1n) is 6.05. The minimum atomic E-state index is 0.749. The van der Waals surface area contributed by atoms with Gasteiger partial charge in [-0.05, 0) is 30.9 Å². The first-order chi connectivity index (χ1) is 7.92. The largest absolute Gasteiger partial charge is 0.490 e. The maximum atomic E-state index is 5.65. The van der Waals surface area contributed by atoms with Gasteiger partial charge in [-0.1, -0.05) is 0 Å². The topological polar surface area (TPSA) is 30.5 Å². The number of anilines is 1. The van der Waals surface area contributed by atoms with E-state index in [9.17, 15) is 0 Å². The summed E-state index contributed by atoms with van der Waals surface area (Å²) in [7, 11) is 0. The maximum absolute atomic E-state index is 5.65. The van der Waals surface area contributed by atoms with Crippen molar-refractivity contribution in [3.05, 3.63) is 18.2 Å². The van der Waals surface area contributed by atoms with Crippen molar-refractivity contribution >= 4 is 5.69 Å². The molecule has 3 rings (SSSR count). The van der Waals surface area contributed by atoms with Gasteiger partial charge in [-0.2, -0.15) is 0 Å². The van der Waals surface area contributed by atoms with Crippen LogP contribution < -0.4 is 14.8 Å². The average molecular weight is 219 g/mol. The van der Waals surface area contributed by atoms with Gasteiger partial charge >= 0.3 is 0 Å². The predicted molar refractivity (Wildman–Crippen MR) is 63.3 cm³/mol. The predicted octanol–water partition coefficient (Wildman–Crippen LogP) is 2.67. The fourth-order valence-electron chi connectivity index (χ4n) is 1.86. The van der Waals surface area contributed by atoms with Gasteiger partial charge in [0.15, 0.2) is 11.5 Å². The average Bonchev–Trinajstić information content (AvgIpc) is 3.13. The van der Waals surface area contributed by atoms with E-state index < -0.39 is 0 Å². The lowest BCUT2D eigenvalue weighted by Crippen LogP contribution is -2.03. The number of hydrogen-bond donors (Lipinski definition) is 1. The molecule has 1 N–H and O–H groups in total. The van der Waals surface area contributed by atoms with Crippen LogP contribution in [0.25, 0.3) is 0 Å². The molecule has 3 heteroatoms. The summed E-state index contributed by atoms with van der Waals surface area (Å²) in [5.41, 5.74) is 1.14. The van der Waals surface area contributed by atoms with E-state index in [4.69, 9.17) is 9.47 Å². The fraction of sp³-hybridized carbons (Fsp3) is 0.538. The number of hydrogen-bond acceptors (Lipinski definition) is 3. The summed E-state index contributed by atoms with van der Waals surface area (Å²) in [6.07, 6.45) is 3.70.